The van der Waals surface area contributed by atoms with Crippen molar-refractivity contribution in [3.8, 4) is 0 Å². The van der Waals surface area contributed by atoms with Crippen molar-refractivity contribution in [3.05, 3.63) is 18.0 Å². The maximum Gasteiger partial charge on any atom is 0.405 e. The second kappa shape index (κ2) is 5.41. The van der Waals surface area contributed by atoms with Crippen LogP contribution in [0.2, 0.25) is 0 Å². The minimum absolute atomic E-state index is 0.102. The summed E-state index contributed by atoms with van der Waals surface area (Å²) in [7, 11) is 0. The largest absolute Gasteiger partial charge is 0.455 e. The quantitative estimate of drug-likeness (QED) is 0.859. The third-order valence-corrected chi connectivity index (χ3v) is 1.71. The number of carbonyl (C=O) groups is 1. The van der Waals surface area contributed by atoms with E-state index in [1.165, 1.54) is 12.3 Å². The second-order valence-corrected chi connectivity index (χ2v) is 4.74. The Morgan fingerprint density at radius 1 is 1.37 bits per heavy atom. The van der Waals surface area contributed by atoms with E-state index >= 15 is 0 Å². The van der Waals surface area contributed by atoms with Gasteiger partial charge in [0.1, 0.15) is 12.1 Å². The Balaban J connectivity index is 2.74. The number of halogens is 3. The van der Waals surface area contributed by atoms with Gasteiger partial charge in [0, 0.05) is 6.20 Å². The number of ether oxygens (including phenoxy) is 1. The Bertz CT molecular complexity index is 455. The van der Waals surface area contributed by atoms with Crippen molar-refractivity contribution in [2.45, 2.75) is 32.5 Å². The van der Waals surface area contributed by atoms with Gasteiger partial charge in [0.25, 0.3) is 0 Å². The van der Waals surface area contributed by atoms with E-state index in [4.69, 9.17) is 4.74 Å². The van der Waals surface area contributed by atoms with Gasteiger partial charge in [-0.2, -0.15) is 13.2 Å². The summed E-state index contributed by atoms with van der Waals surface area (Å²) in [6, 6.07) is 1.27. The number of esters is 1. The third-order valence-electron chi connectivity index (χ3n) is 1.71. The predicted octanol–water partition coefficient (Wildman–Crippen LogP) is 2.41. The molecule has 0 aliphatic rings. The van der Waals surface area contributed by atoms with Crippen LogP contribution < -0.4 is 5.32 Å². The lowest BCUT2D eigenvalue weighted by atomic mass is 10.2. The SMILES string of the molecule is CC(C)(C)OC(=O)c1ccnc(NCC(F)(F)F)n1. The summed E-state index contributed by atoms with van der Waals surface area (Å²) in [5.74, 6) is -0.995. The molecular formula is C11H14F3N3O2. The molecule has 19 heavy (non-hydrogen) atoms. The zero-order valence-corrected chi connectivity index (χ0v) is 10.7. The number of nitrogens with one attached hydrogen (secondary N) is 1. The fraction of sp³-hybridized carbons (Fsp3) is 0.545. The molecule has 1 heterocycles. The monoisotopic (exact) mass is 277 g/mol. The van der Waals surface area contributed by atoms with Crippen LogP contribution in [0.5, 0.6) is 0 Å². The minimum atomic E-state index is -4.38. The van der Waals surface area contributed by atoms with E-state index in [1.807, 2.05) is 5.32 Å². The summed E-state index contributed by atoms with van der Waals surface area (Å²) in [6.07, 6.45) is -3.20. The Morgan fingerprint density at radius 2 is 2.00 bits per heavy atom. The van der Waals surface area contributed by atoms with Gasteiger partial charge in [0.05, 0.1) is 0 Å². The molecule has 0 saturated heterocycles. The van der Waals surface area contributed by atoms with Gasteiger partial charge >= 0.3 is 12.1 Å². The van der Waals surface area contributed by atoms with Gasteiger partial charge in [0.2, 0.25) is 5.95 Å². The second-order valence-electron chi connectivity index (χ2n) is 4.74. The first-order chi connectivity index (χ1) is 8.57. The molecule has 8 heteroatoms. The standard InChI is InChI=1S/C11H14F3N3O2/c1-10(2,3)19-8(18)7-4-5-15-9(17-7)16-6-11(12,13)14/h4-5H,6H2,1-3H3,(H,15,16,17). The summed E-state index contributed by atoms with van der Waals surface area (Å²) in [6.45, 7) is 3.75. The van der Waals surface area contributed by atoms with Crippen LogP contribution >= 0.6 is 0 Å². The van der Waals surface area contributed by atoms with Crippen LogP contribution in [0.4, 0.5) is 19.1 Å². The van der Waals surface area contributed by atoms with Gasteiger partial charge < -0.3 is 10.1 Å². The van der Waals surface area contributed by atoms with Crippen LogP contribution in [-0.2, 0) is 4.74 Å². The normalized spacial score (nSPS) is 12.1. The molecule has 5 nitrogen and oxygen atoms in total. The predicted molar refractivity (Wildman–Crippen MR) is 61.7 cm³/mol. The molecule has 1 N–H and O–H groups in total. The summed E-state index contributed by atoms with van der Waals surface area (Å²) in [5, 5.41) is 1.99. The van der Waals surface area contributed by atoms with Crippen LogP contribution in [-0.4, -0.2) is 34.3 Å². The van der Waals surface area contributed by atoms with Crippen molar-refractivity contribution >= 4 is 11.9 Å². The van der Waals surface area contributed by atoms with Gasteiger partial charge in [-0.1, -0.05) is 0 Å². The van der Waals surface area contributed by atoms with Gasteiger partial charge in [-0.05, 0) is 26.8 Å². The van der Waals surface area contributed by atoms with Crippen molar-refractivity contribution in [3.63, 3.8) is 0 Å². The fourth-order valence-corrected chi connectivity index (χ4v) is 1.07. The molecule has 0 aliphatic carbocycles. The van der Waals surface area contributed by atoms with Gasteiger partial charge in [0.15, 0.2) is 5.69 Å². The molecule has 0 spiro atoms. The lowest BCUT2D eigenvalue weighted by molar-refractivity contribution is -0.115. The smallest absolute Gasteiger partial charge is 0.405 e. The molecule has 1 rings (SSSR count). The minimum Gasteiger partial charge on any atom is -0.455 e. The van der Waals surface area contributed by atoms with E-state index in [0.717, 1.165) is 0 Å². The highest BCUT2D eigenvalue weighted by Gasteiger charge is 2.27. The highest BCUT2D eigenvalue weighted by atomic mass is 19.4. The molecule has 0 saturated carbocycles. The van der Waals surface area contributed by atoms with Crippen molar-refractivity contribution in [2.75, 3.05) is 11.9 Å². The molecule has 0 atom stereocenters. The van der Waals surface area contributed by atoms with E-state index in [2.05, 4.69) is 9.97 Å². The number of hydrogen-bond acceptors (Lipinski definition) is 5. The molecular weight excluding hydrogens is 263 g/mol. The Morgan fingerprint density at radius 3 is 2.53 bits per heavy atom. The summed E-state index contributed by atoms with van der Waals surface area (Å²) in [4.78, 5) is 18.9. The van der Waals surface area contributed by atoms with Gasteiger partial charge in [-0.25, -0.2) is 14.8 Å². The molecule has 1 aromatic rings. The fourth-order valence-electron chi connectivity index (χ4n) is 1.07. The van der Waals surface area contributed by atoms with E-state index in [0.29, 0.717) is 0 Å². The zero-order chi connectivity index (χ0) is 14.7. The highest BCUT2D eigenvalue weighted by molar-refractivity contribution is 5.87. The van der Waals surface area contributed by atoms with E-state index in [-0.39, 0.29) is 11.6 Å². The van der Waals surface area contributed by atoms with Crippen LogP contribution in [0.15, 0.2) is 12.3 Å². The molecule has 0 bridgehead atoms. The maximum atomic E-state index is 12.0. The number of carbonyl (C=O) groups excluding carboxylic acids is 1. The first-order valence-electron chi connectivity index (χ1n) is 5.44. The third kappa shape index (κ3) is 6.03. The first-order valence-corrected chi connectivity index (χ1v) is 5.44. The molecule has 0 amide bonds. The zero-order valence-electron chi connectivity index (χ0n) is 10.7. The van der Waals surface area contributed by atoms with Crippen LogP contribution in [0.3, 0.4) is 0 Å². The van der Waals surface area contributed by atoms with Crippen LogP contribution in [0, 0.1) is 0 Å². The number of aromatic nitrogens is 2. The first kappa shape index (κ1) is 15.2. The molecule has 0 fully saturated rings. The molecule has 0 aliphatic heterocycles. The average Bonchev–Trinajstić information content (AvgIpc) is 2.23. The highest BCUT2D eigenvalue weighted by Crippen LogP contribution is 2.15. The van der Waals surface area contributed by atoms with Crippen LogP contribution in [0.1, 0.15) is 31.3 Å². The summed E-state index contributed by atoms with van der Waals surface area (Å²) in [5.41, 5.74) is -0.809. The number of alkyl halides is 3. The lowest BCUT2D eigenvalue weighted by Gasteiger charge is -2.19. The Hall–Kier alpha value is -1.86. The molecule has 0 unspecified atom stereocenters. The number of hydrogen-bond donors (Lipinski definition) is 1. The van der Waals surface area contributed by atoms with E-state index in [1.54, 1.807) is 20.8 Å². The molecule has 0 radical (unpaired) electrons. The number of anilines is 1. The van der Waals surface area contributed by atoms with E-state index in [9.17, 15) is 18.0 Å². The Labute approximate surface area is 108 Å². The Kier molecular flexibility index (Phi) is 4.33. The molecule has 0 aromatic carbocycles. The molecule has 106 valence electrons. The van der Waals surface area contributed by atoms with Crippen molar-refractivity contribution in [1.82, 2.24) is 9.97 Å². The van der Waals surface area contributed by atoms with Crippen molar-refractivity contribution in [2.24, 2.45) is 0 Å². The van der Waals surface area contributed by atoms with Crippen molar-refractivity contribution < 1.29 is 22.7 Å². The summed E-state index contributed by atoms with van der Waals surface area (Å²) >= 11 is 0. The topological polar surface area (TPSA) is 64.1 Å². The lowest BCUT2D eigenvalue weighted by Crippen LogP contribution is -2.25. The van der Waals surface area contributed by atoms with Crippen LogP contribution in [0.25, 0.3) is 0 Å². The summed E-state index contributed by atoms with van der Waals surface area (Å²) < 4.78 is 41.1. The molecule has 1 aromatic heterocycles. The van der Waals surface area contributed by atoms with E-state index < -0.39 is 24.3 Å². The van der Waals surface area contributed by atoms with Crippen molar-refractivity contribution in [1.29, 1.82) is 0 Å². The van der Waals surface area contributed by atoms with Gasteiger partial charge in [-0.15, -0.1) is 0 Å². The number of rotatable bonds is 3. The maximum absolute atomic E-state index is 12.0. The number of nitrogens with zero attached hydrogens (tertiary/aromatic N) is 2. The average molecular weight is 277 g/mol. The van der Waals surface area contributed by atoms with Gasteiger partial charge in [-0.3, -0.25) is 0 Å².